The fraction of sp³-hybridized carbons (Fsp3) is 0.571. The van der Waals surface area contributed by atoms with Gasteiger partial charge < -0.3 is 4.90 Å². The number of halogens is 13. The monoisotopic (exact) mass is 439 g/mol. The Labute approximate surface area is 148 Å². The normalized spacial score (nSPS) is 15.0. The molecule has 1 aromatic carbocycles. The lowest BCUT2D eigenvalue weighted by atomic mass is 9.90. The van der Waals surface area contributed by atoms with Gasteiger partial charge in [-0.05, 0) is 12.1 Å². The minimum Gasteiger partial charge on any atom is -0.378 e. The summed E-state index contributed by atoms with van der Waals surface area (Å²) in [5.41, 5.74) is -1.93. The first-order valence-electron chi connectivity index (χ1n) is 6.90. The zero-order valence-electron chi connectivity index (χ0n) is 13.7. The van der Waals surface area contributed by atoms with Crippen LogP contribution < -0.4 is 4.90 Å². The van der Waals surface area contributed by atoms with Gasteiger partial charge >= 0.3 is 35.8 Å². The van der Waals surface area contributed by atoms with Crippen LogP contribution in [-0.4, -0.2) is 44.0 Å². The second kappa shape index (κ2) is 6.58. The molecule has 14 heteroatoms. The second-order valence-corrected chi connectivity index (χ2v) is 5.81. The average Bonchev–Trinajstić information content (AvgIpc) is 2.53. The van der Waals surface area contributed by atoms with Crippen molar-refractivity contribution in [3.63, 3.8) is 0 Å². The molecular weight excluding hydrogens is 429 g/mol. The Morgan fingerprint density at radius 3 is 1.21 bits per heavy atom. The highest BCUT2D eigenvalue weighted by molar-refractivity contribution is 5.47. The molecule has 0 N–H and O–H groups in total. The van der Waals surface area contributed by atoms with Gasteiger partial charge in [0.15, 0.2) is 0 Å². The van der Waals surface area contributed by atoms with Crippen molar-refractivity contribution in [2.24, 2.45) is 0 Å². The molecule has 1 rings (SSSR count). The first-order chi connectivity index (χ1) is 12.2. The summed E-state index contributed by atoms with van der Waals surface area (Å²) in [7, 11) is 2.71. The fourth-order valence-electron chi connectivity index (χ4n) is 1.92. The maximum absolute atomic E-state index is 13.9. The quantitative estimate of drug-likeness (QED) is 0.496. The van der Waals surface area contributed by atoms with E-state index in [9.17, 15) is 57.1 Å². The van der Waals surface area contributed by atoms with Gasteiger partial charge in [0, 0.05) is 25.3 Å². The second-order valence-electron chi connectivity index (χ2n) is 5.81. The molecule has 0 fully saturated rings. The number of hydrogen-bond donors (Lipinski definition) is 0. The van der Waals surface area contributed by atoms with Crippen molar-refractivity contribution in [2.45, 2.75) is 35.8 Å². The van der Waals surface area contributed by atoms with Crippen LogP contribution in [0.25, 0.3) is 0 Å². The highest BCUT2D eigenvalue weighted by atomic mass is 19.4. The van der Waals surface area contributed by atoms with Crippen molar-refractivity contribution in [3.05, 3.63) is 29.8 Å². The molecule has 1 nitrogen and oxygen atoms in total. The molecule has 0 aromatic heterocycles. The Kier molecular flexibility index (Phi) is 5.67. The van der Waals surface area contributed by atoms with Gasteiger partial charge in [0.1, 0.15) is 0 Å². The van der Waals surface area contributed by atoms with E-state index < -0.39 is 41.4 Å². The minimum atomic E-state index is -7.89. The van der Waals surface area contributed by atoms with Crippen molar-refractivity contribution in [1.29, 1.82) is 0 Å². The molecule has 0 saturated carbocycles. The highest BCUT2D eigenvalue weighted by Gasteiger charge is 2.90. The van der Waals surface area contributed by atoms with Crippen LogP contribution in [0.2, 0.25) is 0 Å². The molecule has 0 aliphatic heterocycles. The van der Waals surface area contributed by atoms with Gasteiger partial charge in [0.25, 0.3) is 0 Å². The summed E-state index contributed by atoms with van der Waals surface area (Å²) < 4.78 is 170. The first kappa shape index (κ1) is 24.1. The minimum absolute atomic E-state index is 0.0727. The van der Waals surface area contributed by atoms with Crippen LogP contribution in [0.4, 0.5) is 62.8 Å². The molecule has 162 valence electrons. The van der Waals surface area contributed by atoms with Crippen LogP contribution in [0.15, 0.2) is 24.3 Å². The van der Waals surface area contributed by atoms with Crippen LogP contribution in [0, 0.1) is 0 Å². The Morgan fingerprint density at radius 2 is 0.893 bits per heavy atom. The summed E-state index contributed by atoms with van der Waals surface area (Å²) in [6.07, 6.45) is -7.42. The number of nitrogens with zero attached hydrogens (tertiary/aromatic N) is 1. The average molecular weight is 439 g/mol. The van der Waals surface area contributed by atoms with Crippen molar-refractivity contribution in [3.8, 4) is 0 Å². The maximum atomic E-state index is 13.9. The van der Waals surface area contributed by atoms with E-state index in [4.69, 9.17) is 0 Å². The summed E-state index contributed by atoms with van der Waals surface area (Å²) in [4.78, 5) is 1.24. The molecule has 0 atom stereocenters. The van der Waals surface area contributed by atoms with Crippen LogP contribution in [0.5, 0.6) is 0 Å². The number of rotatable bonds is 6. The molecular formula is C14H10F13N. The van der Waals surface area contributed by atoms with E-state index >= 15 is 0 Å². The molecule has 0 radical (unpaired) electrons. The molecule has 0 amide bonds. The Hall–Kier alpha value is -1.89. The summed E-state index contributed by atoms with van der Waals surface area (Å²) in [6, 6.07) is 1.58. The summed E-state index contributed by atoms with van der Waals surface area (Å²) in [6.45, 7) is 0. The van der Waals surface area contributed by atoms with Gasteiger partial charge in [0.05, 0.1) is 0 Å². The van der Waals surface area contributed by atoms with Crippen molar-refractivity contribution >= 4 is 5.69 Å². The van der Waals surface area contributed by atoms with Crippen LogP contribution in [-0.2, 0) is 5.92 Å². The van der Waals surface area contributed by atoms with E-state index in [1.54, 1.807) is 0 Å². The van der Waals surface area contributed by atoms with E-state index in [-0.39, 0.29) is 17.8 Å². The van der Waals surface area contributed by atoms with Gasteiger partial charge in [-0.2, -0.15) is 57.1 Å². The molecule has 0 aliphatic carbocycles. The highest BCUT2D eigenvalue weighted by Crippen LogP contribution is 2.62. The molecule has 0 saturated heterocycles. The zero-order valence-corrected chi connectivity index (χ0v) is 13.7. The molecule has 28 heavy (non-hydrogen) atoms. The molecule has 0 bridgehead atoms. The van der Waals surface area contributed by atoms with Gasteiger partial charge in [-0.15, -0.1) is 0 Å². The lowest BCUT2D eigenvalue weighted by Gasteiger charge is -2.39. The van der Waals surface area contributed by atoms with Crippen LogP contribution in [0.3, 0.4) is 0 Å². The number of benzene rings is 1. The third-order valence-electron chi connectivity index (χ3n) is 3.68. The van der Waals surface area contributed by atoms with E-state index in [2.05, 4.69) is 0 Å². The summed E-state index contributed by atoms with van der Waals surface area (Å²) in [5, 5.41) is 0. The van der Waals surface area contributed by atoms with Crippen LogP contribution in [0.1, 0.15) is 5.56 Å². The lowest BCUT2D eigenvalue weighted by molar-refractivity contribution is -0.441. The standard InChI is InChI=1S/C14H10F13N/c1-28(2)8-5-3-7(4-6-8)9(15,16)10(17,18)11(19,20)12(21,22)13(23,24)14(25,26)27/h3-6H,1-2H3. The molecule has 1 aromatic rings. The lowest BCUT2D eigenvalue weighted by Crippen LogP contribution is -2.69. The number of alkyl halides is 13. The Morgan fingerprint density at radius 1 is 0.536 bits per heavy atom. The smallest absolute Gasteiger partial charge is 0.378 e. The van der Waals surface area contributed by atoms with E-state index in [0.29, 0.717) is 12.1 Å². The third-order valence-corrected chi connectivity index (χ3v) is 3.68. The van der Waals surface area contributed by atoms with Gasteiger partial charge in [-0.3, -0.25) is 0 Å². The third kappa shape index (κ3) is 3.23. The SMILES string of the molecule is CN(C)c1ccc(C(F)(F)C(F)(F)C(F)(F)C(F)(F)C(F)(F)C(F)(F)F)cc1. The Bertz CT molecular complexity index is 688. The van der Waals surface area contributed by atoms with Crippen molar-refractivity contribution in [2.75, 3.05) is 19.0 Å². The zero-order chi connectivity index (χ0) is 22.6. The molecule has 0 spiro atoms. The van der Waals surface area contributed by atoms with Gasteiger partial charge in [-0.1, -0.05) is 12.1 Å². The largest absolute Gasteiger partial charge is 0.460 e. The predicted molar refractivity (Wildman–Crippen MR) is 70.5 cm³/mol. The Balaban J connectivity index is 3.52. The predicted octanol–water partition coefficient (Wildman–Crippen LogP) is 5.95. The van der Waals surface area contributed by atoms with Gasteiger partial charge in [0.2, 0.25) is 0 Å². The molecule has 0 heterocycles. The summed E-state index contributed by atoms with van der Waals surface area (Å²) >= 11 is 0. The number of hydrogen-bond acceptors (Lipinski definition) is 1. The van der Waals surface area contributed by atoms with Gasteiger partial charge in [-0.25, -0.2) is 0 Å². The number of anilines is 1. The fourth-order valence-corrected chi connectivity index (χ4v) is 1.92. The van der Waals surface area contributed by atoms with Crippen LogP contribution >= 0.6 is 0 Å². The topological polar surface area (TPSA) is 3.24 Å². The maximum Gasteiger partial charge on any atom is 0.460 e. The van der Waals surface area contributed by atoms with E-state index in [1.807, 2.05) is 0 Å². The summed E-state index contributed by atoms with van der Waals surface area (Å²) in [5.74, 6) is -37.0. The first-order valence-corrected chi connectivity index (χ1v) is 6.90. The van der Waals surface area contributed by atoms with Crippen molar-refractivity contribution in [1.82, 2.24) is 0 Å². The van der Waals surface area contributed by atoms with E-state index in [0.717, 1.165) is 0 Å². The molecule has 0 aliphatic rings. The molecule has 0 unspecified atom stereocenters. The van der Waals surface area contributed by atoms with E-state index in [1.165, 1.54) is 19.0 Å². The van der Waals surface area contributed by atoms with Crippen molar-refractivity contribution < 1.29 is 57.1 Å².